The maximum atomic E-state index is 10.2. The first kappa shape index (κ1) is 17.8. The van der Waals surface area contributed by atoms with Crippen LogP contribution in [-0.2, 0) is 17.8 Å². The van der Waals surface area contributed by atoms with E-state index >= 15 is 0 Å². The second-order valence-electron chi connectivity index (χ2n) is 6.94. The summed E-state index contributed by atoms with van der Waals surface area (Å²) in [6.07, 6.45) is -1.48. The molecule has 0 aromatic carbocycles. The van der Waals surface area contributed by atoms with E-state index in [0.29, 0.717) is 6.61 Å². The third-order valence-corrected chi connectivity index (χ3v) is 5.45. The van der Waals surface area contributed by atoms with Crippen LogP contribution in [0.2, 0.25) is 0 Å². The van der Waals surface area contributed by atoms with Gasteiger partial charge in [-0.05, 0) is 20.8 Å². The van der Waals surface area contributed by atoms with Crippen LogP contribution in [0.5, 0.6) is 0 Å². The number of piperazine rings is 1. The molecule has 1 aromatic rings. The highest BCUT2D eigenvalue weighted by Gasteiger charge is 2.36. The van der Waals surface area contributed by atoms with E-state index in [1.165, 1.54) is 11.3 Å². The molecule has 7 nitrogen and oxygen atoms in total. The molecule has 0 saturated carbocycles. The molecule has 3 rings (SSSR count). The zero-order valence-electron chi connectivity index (χ0n) is 15.0. The van der Waals surface area contributed by atoms with Crippen molar-refractivity contribution in [3.8, 4) is 0 Å². The molecular formula is C17H30N4O3. The van der Waals surface area contributed by atoms with Crippen LogP contribution >= 0.6 is 0 Å². The number of aromatic nitrogens is 2. The molecule has 24 heavy (non-hydrogen) atoms. The number of aliphatic hydroxyl groups excluding tert-OH is 2. The second kappa shape index (κ2) is 7.49. The number of aliphatic hydroxyl groups is 2. The van der Waals surface area contributed by atoms with E-state index in [2.05, 4.69) is 40.4 Å². The highest BCUT2D eigenvalue weighted by molar-refractivity contribution is 5.24. The first-order valence-corrected chi connectivity index (χ1v) is 8.94. The lowest BCUT2D eigenvalue weighted by molar-refractivity contribution is -0.137. The SMILES string of the molecule is CCn1nc(C)c(CN2CCN([C@@H]3COC[C@@H](O)[C@H]3O)CC2)c1C. The molecule has 0 radical (unpaired) electrons. The van der Waals surface area contributed by atoms with Gasteiger partial charge in [0.05, 0.1) is 31.1 Å². The van der Waals surface area contributed by atoms with Crippen molar-refractivity contribution in [2.45, 2.75) is 52.1 Å². The van der Waals surface area contributed by atoms with Crippen molar-refractivity contribution in [2.75, 3.05) is 39.4 Å². The van der Waals surface area contributed by atoms with Gasteiger partial charge in [0.1, 0.15) is 6.10 Å². The molecule has 2 aliphatic rings. The average molecular weight is 338 g/mol. The van der Waals surface area contributed by atoms with Gasteiger partial charge in [0.25, 0.3) is 0 Å². The molecule has 2 aliphatic heterocycles. The number of ether oxygens (including phenoxy) is 1. The summed E-state index contributed by atoms with van der Waals surface area (Å²) in [6.45, 7) is 12.6. The summed E-state index contributed by atoms with van der Waals surface area (Å²) in [5, 5.41) is 24.6. The molecule has 0 aliphatic carbocycles. The third-order valence-electron chi connectivity index (χ3n) is 5.45. The van der Waals surface area contributed by atoms with Crippen LogP contribution in [0, 0.1) is 13.8 Å². The maximum Gasteiger partial charge on any atom is 0.105 e. The van der Waals surface area contributed by atoms with Crippen LogP contribution in [0.15, 0.2) is 0 Å². The molecule has 0 bridgehead atoms. The lowest BCUT2D eigenvalue weighted by atomic mass is 10.0. The molecule has 1 aromatic heterocycles. The molecule has 0 amide bonds. The summed E-state index contributed by atoms with van der Waals surface area (Å²) in [7, 11) is 0. The summed E-state index contributed by atoms with van der Waals surface area (Å²) in [5.41, 5.74) is 3.72. The minimum atomic E-state index is -0.771. The van der Waals surface area contributed by atoms with Crippen molar-refractivity contribution in [1.29, 1.82) is 0 Å². The lowest BCUT2D eigenvalue weighted by Crippen LogP contribution is -2.60. The number of rotatable bonds is 4. The molecule has 2 saturated heterocycles. The second-order valence-corrected chi connectivity index (χ2v) is 6.94. The monoisotopic (exact) mass is 338 g/mol. The van der Waals surface area contributed by atoms with Crippen molar-refractivity contribution >= 4 is 0 Å². The van der Waals surface area contributed by atoms with Crippen LogP contribution in [0.4, 0.5) is 0 Å². The van der Waals surface area contributed by atoms with Crippen molar-refractivity contribution in [2.24, 2.45) is 0 Å². The van der Waals surface area contributed by atoms with Crippen LogP contribution in [-0.4, -0.2) is 87.4 Å². The Morgan fingerprint density at radius 3 is 2.46 bits per heavy atom. The van der Waals surface area contributed by atoms with Gasteiger partial charge in [0.15, 0.2) is 0 Å². The number of hydrogen-bond acceptors (Lipinski definition) is 6. The maximum absolute atomic E-state index is 10.2. The Morgan fingerprint density at radius 2 is 1.83 bits per heavy atom. The first-order valence-electron chi connectivity index (χ1n) is 8.94. The fourth-order valence-electron chi connectivity index (χ4n) is 3.83. The molecule has 3 atom stereocenters. The van der Waals surface area contributed by atoms with E-state index in [0.717, 1.165) is 45.0 Å². The van der Waals surface area contributed by atoms with Crippen molar-refractivity contribution in [3.05, 3.63) is 17.0 Å². The Hall–Kier alpha value is -0.990. The highest BCUT2D eigenvalue weighted by Crippen LogP contribution is 2.20. The minimum Gasteiger partial charge on any atom is -0.389 e. The van der Waals surface area contributed by atoms with E-state index in [4.69, 9.17) is 4.74 Å². The number of nitrogens with zero attached hydrogens (tertiary/aromatic N) is 4. The molecule has 0 spiro atoms. The van der Waals surface area contributed by atoms with Gasteiger partial charge in [0, 0.05) is 50.5 Å². The number of hydrogen-bond donors (Lipinski definition) is 2. The van der Waals surface area contributed by atoms with Crippen molar-refractivity contribution in [3.63, 3.8) is 0 Å². The third kappa shape index (κ3) is 3.50. The van der Waals surface area contributed by atoms with Crippen LogP contribution in [0.3, 0.4) is 0 Å². The summed E-state index contributed by atoms with van der Waals surface area (Å²) in [6, 6.07) is -0.0952. The molecular weight excluding hydrogens is 308 g/mol. The van der Waals surface area contributed by atoms with E-state index in [1.54, 1.807) is 0 Å². The van der Waals surface area contributed by atoms with Gasteiger partial charge < -0.3 is 14.9 Å². The number of aryl methyl sites for hydroxylation is 2. The fraction of sp³-hybridized carbons (Fsp3) is 0.824. The normalized spacial score (nSPS) is 30.0. The molecule has 3 heterocycles. The molecule has 0 unspecified atom stereocenters. The van der Waals surface area contributed by atoms with Gasteiger partial charge in [-0.3, -0.25) is 14.5 Å². The molecule has 2 fully saturated rings. The fourth-order valence-corrected chi connectivity index (χ4v) is 3.83. The Kier molecular flexibility index (Phi) is 5.56. The Labute approximate surface area is 143 Å². The Balaban J connectivity index is 1.57. The standard InChI is InChI=1S/C17H30N4O3/c1-4-21-13(3)14(12(2)18-21)9-19-5-7-20(8-6-19)15-10-24-11-16(22)17(15)23/h15-17,22-23H,4-11H2,1-3H3/t15-,16-,17+/m1/s1. The highest BCUT2D eigenvalue weighted by atomic mass is 16.5. The first-order chi connectivity index (χ1) is 11.5. The molecule has 2 N–H and O–H groups in total. The average Bonchev–Trinajstić information content (AvgIpc) is 2.86. The molecule has 7 heteroatoms. The van der Waals surface area contributed by atoms with Gasteiger partial charge in [0.2, 0.25) is 0 Å². The van der Waals surface area contributed by atoms with Gasteiger partial charge in [-0.1, -0.05) is 0 Å². The van der Waals surface area contributed by atoms with Crippen molar-refractivity contribution < 1.29 is 14.9 Å². The van der Waals surface area contributed by atoms with Gasteiger partial charge in [-0.2, -0.15) is 5.10 Å². The summed E-state index contributed by atoms with van der Waals surface area (Å²) >= 11 is 0. The zero-order chi connectivity index (χ0) is 17.3. The van der Waals surface area contributed by atoms with Gasteiger partial charge in [-0.25, -0.2) is 0 Å². The minimum absolute atomic E-state index is 0.0952. The van der Waals surface area contributed by atoms with Crippen LogP contribution in [0.1, 0.15) is 23.9 Å². The summed E-state index contributed by atoms with van der Waals surface area (Å²) in [4.78, 5) is 4.69. The summed E-state index contributed by atoms with van der Waals surface area (Å²) < 4.78 is 7.48. The zero-order valence-corrected chi connectivity index (χ0v) is 15.0. The van der Waals surface area contributed by atoms with E-state index in [-0.39, 0.29) is 12.6 Å². The van der Waals surface area contributed by atoms with Gasteiger partial charge >= 0.3 is 0 Å². The van der Waals surface area contributed by atoms with Crippen LogP contribution in [0.25, 0.3) is 0 Å². The summed E-state index contributed by atoms with van der Waals surface area (Å²) in [5.74, 6) is 0. The predicted molar refractivity (Wildman–Crippen MR) is 90.8 cm³/mol. The topological polar surface area (TPSA) is 74.0 Å². The van der Waals surface area contributed by atoms with E-state index < -0.39 is 12.2 Å². The van der Waals surface area contributed by atoms with Gasteiger partial charge in [-0.15, -0.1) is 0 Å². The van der Waals surface area contributed by atoms with E-state index in [1.807, 2.05) is 0 Å². The van der Waals surface area contributed by atoms with E-state index in [9.17, 15) is 10.2 Å². The van der Waals surface area contributed by atoms with Crippen molar-refractivity contribution in [1.82, 2.24) is 19.6 Å². The smallest absolute Gasteiger partial charge is 0.105 e. The van der Waals surface area contributed by atoms with Crippen LogP contribution < -0.4 is 0 Å². The quantitative estimate of drug-likeness (QED) is 0.789. The largest absolute Gasteiger partial charge is 0.389 e. The molecule has 136 valence electrons. The lowest BCUT2D eigenvalue weighted by Gasteiger charge is -2.43. The predicted octanol–water partition coefficient (Wildman–Crippen LogP) is -0.242. The Bertz CT molecular complexity index is 554. The Morgan fingerprint density at radius 1 is 1.12 bits per heavy atom.